The van der Waals surface area contributed by atoms with Gasteiger partial charge in [0.1, 0.15) is 18.1 Å². The average Bonchev–Trinajstić information content (AvgIpc) is 2.66. The number of carbonyl (C=O) groups excluding carboxylic acids is 3. The molecule has 0 saturated carbocycles. The first-order valence-electron chi connectivity index (χ1n) is 10.5. The number of aliphatic hydroxyl groups excluding tert-OH is 2. The van der Waals surface area contributed by atoms with Crippen molar-refractivity contribution in [2.75, 3.05) is 0 Å². The SMILES string of the molecule is CCC(C)C(NC(=O)C(CC(C)C)NC(=O)C(N)C(C)O)C(=O)NC(C(=O)O)C(C)O. The zero-order valence-corrected chi connectivity index (χ0v) is 19.1. The summed E-state index contributed by atoms with van der Waals surface area (Å²) in [5.74, 6) is -3.85. The van der Waals surface area contributed by atoms with Gasteiger partial charge in [-0.25, -0.2) is 4.79 Å². The van der Waals surface area contributed by atoms with Gasteiger partial charge in [-0.15, -0.1) is 0 Å². The van der Waals surface area contributed by atoms with Gasteiger partial charge in [-0.2, -0.15) is 0 Å². The van der Waals surface area contributed by atoms with Crippen LogP contribution in [0.15, 0.2) is 0 Å². The Bertz CT molecular complexity index is 625. The number of aliphatic carboxylic acids is 1. The number of carboxylic acid groups (broad SMARTS) is 1. The highest BCUT2D eigenvalue weighted by Gasteiger charge is 2.34. The minimum atomic E-state index is -1.54. The largest absolute Gasteiger partial charge is 0.480 e. The van der Waals surface area contributed by atoms with Crippen molar-refractivity contribution < 1.29 is 34.5 Å². The maximum absolute atomic E-state index is 12.9. The third-order valence-corrected chi connectivity index (χ3v) is 5.00. The van der Waals surface area contributed by atoms with Crippen LogP contribution in [-0.4, -0.2) is 75.4 Å². The van der Waals surface area contributed by atoms with E-state index in [9.17, 15) is 34.5 Å². The molecule has 0 radical (unpaired) electrons. The van der Waals surface area contributed by atoms with E-state index in [0.717, 1.165) is 0 Å². The van der Waals surface area contributed by atoms with Crippen LogP contribution in [0.2, 0.25) is 0 Å². The zero-order valence-electron chi connectivity index (χ0n) is 19.1. The lowest BCUT2D eigenvalue weighted by Gasteiger charge is -2.29. The molecule has 8 N–H and O–H groups in total. The second kappa shape index (κ2) is 13.2. The van der Waals surface area contributed by atoms with Crippen molar-refractivity contribution in [2.45, 2.75) is 90.8 Å². The molecule has 3 amide bonds. The van der Waals surface area contributed by atoms with Crippen LogP contribution < -0.4 is 21.7 Å². The molecule has 0 aromatic rings. The lowest BCUT2D eigenvalue weighted by molar-refractivity contribution is -0.145. The summed E-state index contributed by atoms with van der Waals surface area (Å²) < 4.78 is 0. The number of aliphatic hydroxyl groups is 2. The maximum Gasteiger partial charge on any atom is 0.328 e. The van der Waals surface area contributed by atoms with Crippen molar-refractivity contribution in [3.8, 4) is 0 Å². The number of amides is 3. The number of rotatable bonds is 13. The minimum Gasteiger partial charge on any atom is -0.480 e. The highest BCUT2D eigenvalue weighted by Crippen LogP contribution is 2.12. The monoisotopic (exact) mass is 446 g/mol. The van der Waals surface area contributed by atoms with Crippen molar-refractivity contribution in [3.05, 3.63) is 0 Å². The Morgan fingerprint density at radius 3 is 1.71 bits per heavy atom. The normalized spacial score (nSPS) is 18.1. The molecule has 31 heavy (non-hydrogen) atoms. The van der Waals surface area contributed by atoms with Crippen molar-refractivity contribution in [1.29, 1.82) is 0 Å². The van der Waals surface area contributed by atoms with E-state index in [-0.39, 0.29) is 18.3 Å². The van der Waals surface area contributed by atoms with Gasteiger partial charge in [-0.1, -0.05) is 34.1 Å². The summed E-state index contributed by atoms with van der Waals surface area (Å²) in [5.41, 5.74) is 5.63. The standard InChI is InChI=1S/C20H38N4O7/c1-7-10(4)15(19(29)24-16(12(6)26)20(30)31)23-17(27)13(8-9(2)3)22-18(28)14(21)11(5)25/h9-16,25-26H,7-8,21H2,1-6H3,(H,22,28)(H,23,27)(H,24,29)(H,30,31). The van der Waals surface area contributed by atoms with Gasteiger partial charge in [0.15, 0.2) is 6.04 Å². The van der Waals surface area contributed by atoms with Gasteiger partial charge in [-0.05, 0) is 32.1 Å². The van der Waals surface area contributed by atoms with Crippen LogP contribution in [0.3, 0.4) is 0 Å². The van der Waals surface area contributed by atoms with Gasteiger partial charge < -0.3 is 37.0 Å². The first-order chi connectivity index (χ1) is 14.2. The van der Waals surface area contributed by atoms with Crippen LogP contribution in [0.25, 0.3) is 0 Å². The molecule has 0 aliphatic heterocycles. The van der Waals surface area contributed by atoms with Crippen molar-refractivity contribution >= 4 is 23.7 Å². The van der Waals surface area contributed by atoms with E-state index in [1.54, 1.807) is 13.8 Å². The second-order valence-electron chi connectivity index (χ2n) is 8.39. The molecule has 0 rings (SSSR count). The lowest BCUT2D eigenvalue weighted by Crippen LogP contribution is -2.60. The molecule has 0 spiro atoms. The van der Waals surface area contributed by atoms with Crippen molar-refractivity contribution in [1.82, 2.24) is 16.0 Å². The third-order valence-electron chi connectivity index (χ3n) is 5.00. The highest BCUT2D eigenvalue weighted by molar-refractivity contribution is 5.94. The van der Waals surface area contributed by atoms with E-state index in [0.29, 0.717) is 6.42 Å². The van der Waals surface area contributed by atoms with Crippen LogP contribution in [0, 0.1) is 11.8 Å². The molecule has 0 bridgehead atoms. The minimum absolute atomic E-state index is 0.0151. The van der Waals surface area contributed by atoms with Crippen LogP contribution in [-0.2, 0) is 19.2 Å². The van der Waals surface area contributed by atoms with Crippen LogP contribution in [0.5, 0.6) is 0 Å². The Hall–Kier alpha value is -2.24. The quantitative estimate of drug-likeness (QED) is 0.182. The van der Waals surface area contributed by atoms with Crippen LogP contribution in [0.1, 0.15) is 54.4 Å². The average molecular weight is 447 g/mol. The topological polar surface area (TPSA) is 191 Å². The predicted octanol–water partition coefficient (Wildman–Crippen LogP) is -1.29. The predicted molar refractivity (Wildman–Crippen MR) is 114 cm³/mol. The molecule has 7 atom stereocenters. The fourth-order valence-electron chi connectivity index (χ4n) is 2.78. The number of nitrogens with one attached hydrogen (secondary N) is 3. The molecule has 0 aromatic carbocycles. The zero-order chi connectivity index (χ0) is 24.5. The summed E-state index contributed by atoms with van der Waals surface area (Å²) in [6.07, 6.45) is -1.71. The Labute approximate surface area is 183 Å². The molecular formula is C20H38N4O7. The fourth-order valence-corrected chi connectivity index (χ4v) is 2.78. The molecule has 0 saturated heterocycles. The lowest BCUT2D eigenvalue weighted by atomic mass is 9.96. The van der Waals surface area contributed by atoms with E-state index >= 15 is 0 Å². The van der Waals surface area contributed by atoms with E-state index in [4.69, 9.17) is 5.73 Å². The van der Waals surface area contributed by atoms with Gasteiger partial charge in [0.2, 0.25) is 17.7 Å². The van der Waals surface area contributed by atoms with E-state index in [1.807, 2.05) is 13.8 Å². The number of carbonyl (C=O) groups is 4. The molecule has 0 aromatic heterocycles. The molecule has 7 unspecified atom stereocenters. The summed E-state index contributed by atoms with van der Waals surface area (Å²) in [6, 6.07) is -4.86. The van der Waals surface area contributed by atoms with Crippen molar-refractivity contribution in [2.24, 2.45) is 17.6 Å². The first-order valence-corrected chi connectivity index (χ1v) is 10.5. The first kappa shape index (κ1) is 28.8. The van der Waals surface area contributed by atoms with Gasteiger partial charge in [-0.3, -0.25) is 14.4 Å². The van der Waals surface area contributed by atoms with Gasteiger partial charge in [0, 0.05) is 0 Å². The van der Waals surface area contributed by atoms with E-state index in [1.165, 1.54) is 13.8 Å². The number of nitrogens with two attached hydrogens (primary N) is 1. The van der Waals surface area contributed by atoms with Gasteiger partial charge in [0.25, 0.3) is 0 Å². The van der Waals surface area contributed by atoms with Crippen molar-refractivity contribution in [3.63, 3.8) is 0 Å². The molecule has 0 heterocycles. The third kappa shape index (κ3) is 9.62. The molecule has 11 nitrogen and oxygen atoms in total. The Balaban J connectivity index is 5.57. The van der Waals surface area contributed by atoms with Crippen LogP contribution in [0.4, 0.5) is 0 Å². The number of hydrogen-bond acceptors (Lipinski definition) is 7. The maximum atomic E-state index is 12.9. The summed E-state index contributed by atoms with van der Waals surface area (Å²) >= 11 is 0. The fraction of sp³-hybridized carbons (Fsp3) is 0.800. The molecule has 11 heteroatoms. The van der Waals surface area contributed by atoms with E-state index < -0.39 is 60.1 Å². The number of hydrogen-bond donors (Lipinski definition) is 7. The van der Waals surface area contributed by atoms with Crippen LogP contribution >= 0.6 is 0 Å². The summed E-state index contributed by atoms with van der Waals surface area (Å²) in [7, 11) is 0. The van der Waals surface area contributed by atoms with E-state index in [2.05, 4.69) is 16.0 Å². The van der Waals surface area contributed by atoms with Gasteiger partial charge in [0.05, 0.1) is 12.2 Å². The van der Waals surface area contributed by atoms with Gasteiger partial charge >= 0.3 is 5.97 Å². The molecule has 0 aliphatic carbocycles. The molecule has 0 fully saturated rings. The highest BCUT2D eigenvalue weighted by atomic mass is 16.4. The molecule has 0 aliphatic rings. The summed E-state index contributed by atoms with van der Waals surface area (Å²) in [4.78, 5) is 49.2. The smallest absolute Gasteiger partial charge is 0.328 e. The summed E-state index contributed by atoms with van der Waals surface area (Å²) in [6.45, 7) is 9.79. The summed E-state index contributed by atoms with van der Waals surface area (Å²) in [5, 5.41) is 35.7. The second-order valence-corrected chi connectivity index (χ2v) is 8.39. The Morgan fingerprint density at radius 2 is 1.32 bits per heavy atom. The Kier molecular flexibility index (Phi) is 12.3. The number of carboxylic acids is 1. The Morgan fingerprint density at radius 1 is 0.806 bits per heavy atom. The molecule has 180 valence electrons. The molecular weight excluding hydrogens is 408 g/mol.